The highest BCUT2D eigenvalue weighted by atomic mass is 19.4. The van der Waals surface area contributed by atoms with Crippen molar-refractivity contribution in [3.63, 3.8) is 0 Å². The van der Waals surface area contributed by atoms with E-state index in [0.717, 1.165) is 30.6 Å². The van der Waals surface area contributed by atoms with Gasteiger partial charge < -0.3 is 0 Å². The fraction of sp³-hybridized carbons (Fsp3) is 0.500. The lowest BCUT2D eigenvalue weighted by molar-refractivity contribution is -0.137. The van der Waals surface area contributed by atoms with Crippen molar-refractivity contribution < 1.29 is 13.2 Å². The zero-order valence-corrected chi connectivity index (χ0v) is 9.14. The molecule has 88 valence electrons. The molecule has 0 unspecified atom stereocenters. The summed E-state index contributed by atoms with van der Waals surface area (Å²) >= 11 is 0. The number of hydrogen-bond donors (Lipinski definition) is 0. The van der Waals surface area contributed by atoms with Crippen molar-refractivity contribution in [2.45, 2.75) is 26.1 Å². The molecule has 4 heteroatoms. The largest absolute Gasteiger partial charge is 0.416 e. The number of halogens is 3. The third kappa shape index (κ3) is 2.21. The Morgan fingerprint density at radius 2 is 2.00 bits per heavy atom. The highest BCUT2D eigenvalue weighted by molar-refractivity contribution is 5.35. The standard InChI is InChI=1S/C12H14F3N/c1-2-16-6-5-9-3-4-11(12(13,14)15)7-10(9)8-16/h3-4,7H,2,5-6,8H2,1H3. The van der Waals surface area contributed by atoms with Crippen LogP contribution >= 0.6 is 0 Å². The minimum atomic E-state index is -4.23. The maximum Gasteiger partial charge on any atom is 0.416 e. The molecular weight excluding hydrogens is 215 g/mol. The van der Waals surface area contributed by atoms with Gasteiger partial charge in [-0.15, -0.1) is 0 Å². The summed E-state index contributed by atoms with van der Waals surface area (Å²) < 4.78 is 37.6. The highest BCUT2D eigenvalue weighted by Gasteiger charge is 2.31. The number of fused-ring (bicyclic) bond motifs is 1. The highest BCUT2D eigenvalue weighted by Crippen LogP contribution is 2.31. The van der Waals surface area contributed by atoms with Crippen molar-refractivity contribution in [2.75, 3.05) is 13.1 Å². The van der Waals surface area contributed by atoms with Gasteiger partial charge in [0.2, 0.25) is 0 Å². The summed E-state index contributed by atoms with van der Waals surface area (Å²) in [7, 11) is 0. The van der Waals surface area contributed by atoms with E-state index in [4.69, 9.17) is 0 Å². The predicted octanol–water partition coefficient (Wildman–Crippen LogP) is 3.08. The number of likely N-dealkylation sites (N-methyl/N-ethyl adjacent to an activating group) is 1. The van der Waals surface area contributed by atoms with Gasteiger partial charge >= 0.3 is 6.18 Å². The van der Waals surface area contributed by atoms with Crippen LogP contribution in [0.25, 0.3) is 0 Å². The molecule has 1 aliphatic heterocycles. The first kappa shape index (κ1) is 11.5. The van der Waals surface area contributed by atoms with E-state index in [9.17, 15) is 13.2 Å². The number of benzene rings is 1. The second kappa shape index (κ2) is 4.09. The van der Waals surface area contributed by atoms with Gasteiger partial charge in [0, 0.05) is 13.1 Å². The molecule has 1 heterocycles. The number of nitrogens with zero attached hydrogens (tertiary/aromatic N) is 1. The summed E-state index contributed by atoms with van der Waals surface area (Å²) in [6.07, 6.45) is -3.38. The summed E-state index contributed by atoms with van der Waals surface area (Å²) in [5.74, 6) is 0. The lowest BCUT2D eigenvalue weighted by Crippen LogP contribution is -2.30. The molecule has 0 spiro atoms. The second-order valence-electron chi connectivity index (χ2n) is 4.10. The van der Waals surface area contributed by atoms with Crippen molar-refractivity contribution in [3.05, 3.63) is 34.9 Å². The number of rotatable bonds is 1. The second-order valence-corrected chi connectivity index (χ2v) is 4.10. The van der Waals surface area contributed by atoms with Crippen molar-refractivity contribution in [1.82, 2.24) is 4.90 Å². The lowest BCUT2D eigenvalue weighted by atomic mass is 9.97. The molecule has 0 amide bonds. The van der Waals surface area contributed by atoms with Crippen LogP contribution in [0.3, 0.4) is 0 Å². The van der Waals surface area contributed by atoms with Crippen molar-refractivity contribution in [2.24, 2.45) is 0 Å². The van der Waals surface area contributed by atoms with Gasteiger partial charge in [0.25, 0.3) is 0 Å². The minimum absolute atomic E-state index is 0.538. The van der Waals surface area contributed by atoms with E-state index in [0.29, 0.717) is 6.54 Å². The Hall–Kier alpha value is -1.03. The molecule has 0 saturated carbocycles. The first-order valence-electron chi connectivity index (χ1n) is 5.42. The molecule has 0 atom stereocenters. The van der Waals surface area contributed by atoms with Gasteiger partial charge in [0.05, 0.1) is 5.56 Å². The van der Waals surface area contributed by atoms with E-state index in [-0.39, 0.29) is 0 Å². The molecule has 2 rings (SSSR count). The Labute approximate surface area is 92.9 Å². The van der Waals surface area contributed by atoms with Crippen LogP contribution in [0.1, 0.15) is 23.6 Å². The third-order valence-corrected chi connectivity index (χ3v) is 3.07. The van der Waals surface area contributed by atoms with Crippen LogP contribution in [-0.4, -0.2) is 18.0 Å². The van der Waals surface area contributed by atoms with Crippen LogP contribution in [0.2, 0.25) is 0 Å². The van der Waals surface area contributed by atoms with E-state index < -0.39 is 11.7 Å². The molecule has 0 N–H and O–H groups in total. The molecule has 1 nitrogen and oxygen atoms in total. The SMILES string of the molecule is CCN1CCc2ccc(C(F)(F)F)cc2C1. The molecule has 1 aromatic carbocycles. The van der Waals surface area contributed by atoms with Gasteiger partial charge in [0.15, 0.2) is 0 Å². The summed E-state index contributed by atoms with van der Waals surface area (Å²) in [4.78, 5) is 2.16. The summed E-state index contributed by atoms with van der Waals surface area (Å²) in [5.41, 5.74) is 1.34. The van der Waals surface area contributed by atoms with Gasteiger partial charge in [-0.2, -0.15) is 13.2 Å². The van der Waals surface area contributed by atoms with Crippen LogP contribution in [0.5, 0.6) is 0 Å². The Bertz CT molecular complexity index is 384. The molecule has 0 fully saturated rings. The summed E-state index contributed by atoms with van der Waals surface area (Å²) in [6, 6.07) is 4.09. The van der Waals surface area contributed by atoms with E-state index in [1.807, 2.05) is 6.92 Å². The van der Waals surface area contributed by atoms with Gasteiger partial charge in [-0.3, -0.25) is 4.90 Å². The topological polar surface area (TPSA) is 3.24 Å². The van der Waals surface area contributed by atoms with E-state index in [1.54, 1.807) is 6.07 Å². The monoisotopic (exact) mass is 229 g/mol. The number of alkyl halides is 3. The molecule has 1 aliphatic rings. The van der Waals surface area contributed by atoms with Crippen molar-refractivity contribution in [1.29, 1.82) is 0 Å². The normalized spacial score (nSPS) is 17.2. The smallest absolute Gasteiger partial charge is 0.299 e. The van der Waals surface area contributed by atoms with Gasteiger partial charge in [-0.25, -0.2) is 0 Å². The maximum absolute atomic E-state index is 12.5. The average molecular weight is 229 g/mol. The van der Waals surface area contributed by atoms with E-state index >= 15 is 0 Å². The zero-order valence-electron chi connectivity index (χ0n) is 9.14. The van der Waals surface area contributed by atoms with Crippen LogP contribution in [0, 0.1) is 0 Å². The van der Waals surface area contributed by atoms with Crippen molar-refractivity contribution >= 4 is 0 Å². The van der Waals surface area contributed by atoms with Crippen LogP contribution < -0.4 is 0 Å². The Morgan fingerprint density at radius 3 is 2.62 bits per heavy atom. The van der Waals surface area contributed by atoms with E-state index in [1.165, 1.54) is 12.1 Å². The van der Waals surface area contributed by atoms with Gasteiger partial charge in [-0.05, 0) is 36.2 Å². The molecule has 16 heavy (non-hydrogen) atoms. The Balaban J connectivity index is 2.31. The van der Waals surface area contributed by atoms with Gasteiger partial charge in [-0.1, -0.05) is 13.0 Å². The minimum Gasteiger partial charge on any atom is -0.299 e. The van der Waals surface area contributed by atoms with Crippen LogP contribution in [-0.2, 0) is 19.1 Å². The molecule has 0 aromatic heterocycles. The van der Waals surface area contributed by atoms with Crippen LogP contribution in [0.15, 0.2) is 18.2 Å². The molecule has 0 aliphatic carbocycles. The fourth-order valence-electron chi connectivity index (χ4n) is 2.06. The quantitative estimate of drug-likeness (QED) is 0.715. The Morgan fingerprint density at radius 1 is 1.25 bits per heavy atom. The number of hydrogen-bond acceptors (Lipinski definition) is 1. The van der Waals surface area contributed by atoms with Gasteiger partial charge in [0.1, 0.15) is 0 Å². The lowest BCUT2D eigenvalue weighted by Gasteiger charge is -2.28. The molecule has 0 saturated heterocycles. The maximum atomic E-state index is 12.5. The first-order chi connectivity index (χ1) is 7.50. The predicted molar refractivity (Wildman–Crippen MR) is 56.1 cm³/mol. The van der Waals surface area contributed by atoms with Crippen LogP contribution in [0.4, 0.5) is 13.2 Å². The zero-order chi connectivity index (χ0) is 11.8. The summed E-state index contributed by atoms with van der Waals surface area (Å²) in [5, 5.41) is 0. The molecule has 0 bridgehead atoms. The molecular formula is C12H14F3N. The summed E-state index contributed by atoms with van der Waals surface area (Å²) in [6.45, 7) is 4.49. The molecule has 0 radical (unpaired) electrons. The Kier molecular flexibility index (Phi) is 2.93. The first-order valence-corrected chi connectivity index (χ1v) is 5.42. The fourth-order valence-corrected chi connectivity index (χ4v) is 2.06. The average Bonchev–Trinajstić information content (AvgIpc) is 2.26. The van der Waals surface area contributed by atoms with E-state index in [2.05, 4.69) is 4.90 Å². The van der Waals surface area contributed by atoms with Crippen molar-refractivity contribution in [3.8, 4) is 0 Å². The third-order valence-electron chi connectivity index (χ3n) is 3.07. The molecule has 1 aromatic rings.